The summed E-state index contributed by atoms with van der Waals surface area (Å²) in [5.74, 6) is 1.70. The van der Waals surface area contributed by atoms with E-state index in [2.05, 4.69) is 5.32 Å². The first kappa shape index (κ1) is 39.5. The molecule has 2 bridgehead atoms. The van der Waals surface area contributed by atoms with Crippen molar-refractivity contribution in [1.29, 1.82) is 0 Å². The molecule has 5 rings (SSSR count). The summed E-state index contributed by atoms with van der Waals surface area (Å²) in [7, 11) is 3.21. The van der Waals surface area contributed by atoms with Crippen LogP contribution in [-0.2, 0) is 32.0 Å². The number of amides is 1. The predicted molar refractivity (Wildman–Crippen MR) is 202 cm³/mol. The maximum atomic E-state index is 13.7. The number of nitrogens with one attached hydrogen (secondary N) is 1. The smallest absolute Gasteiger partial charge is 0.411 e. The van der Waals surface area contributed by atoms with Crippen LogP contribution in [-0.4, -0.2) is 85.6 Å². The quantitative estimate of drug-likeness (QED) is 0.0952. The molecule has 0 aliphatic carbocycles. The molecule has 0 saturated carbocycles. The van der Waals surface area contributed by atoms with Crippen LogP contribution in [0.15, 0.2) is 78.4 Å². The van der Waals surface area contributed by atoms with Gasteiger partial charge in [-0.1, -0.05) is 83.3 Å². The lowest BCUT2D eigenvalue weighted by Gasteiger charge is -2.48. The fraction of sp³-hybridized carbons (Fsp3) is 0.436. The van der Waals surface area contributed by atoms with Gasteiger partial charge in [-0.25, -0.2) is 4.79 Å². The molecule has 2 aliphatic heterocycles. The van der Waals surface area contributed by atoms with Crippen molar-refractivity contribution in [3.8, 4) is 17.2 Å². The van der Waals surface area contributed by atoms with Crippen LogP contribution in [0.5, 0.6) is 17.2 Å². The van der Waals surface area contributed by atoms with Gasteiger partial charge in [0.05, 0.1) is 52.5 Å². The van der Waals surface area contributed by atoms with E-state index in [1.54, 1.807) is 39.0 Å². The number of halogens is 3. The molecule has 2 heterocycles. The van der Waals surface area contributed by atoms with Gasteiger partial charge in [0.25, 0.3) is 0 Å². The number of esters is 1. The molecule has 1 amide bonds. The first-order chi connectivity index (χ1) is 24.9. The van der Waals surface area contributed by atoms with Crippen LogP contribution < -0.4 is 19.5 Å². The number of hydrogen-bond acceptors (Lipinski definition) is 9. The molecule has 3 aromatic carbocycles. The molecule has 0 spiro atoms. The second kappa shape index (κ2) is 17.9. The van der Waals surface area contributed by atoms with Gasteiger partial charge in [-0.15, -0.1) is 0 Å². The molecule has 3 aromatic rings. The fourth-order valence-electron chi connectivity index (χ4n) is 6.28. The molecule has 2 aliphatic rings. The summed E-state index contributed by atoms with van der Waals surface area (Å²) in [6.07, 6.45) is 0.610. The maximum absolute atomic E-state index is 13.7. The van der Waals surface area contributed by atoms with E-state index >= 15 is 0 Å². The molecule has 13 heteroatoms. The number of benzene rings is 3. The third-order valence-electron chi connectivity index (χ3n) is 9.18. The van der Waals surface area contributed by atoms with Crippen molar-refractivity contribution in [3.05, 3.63) is 95.1 Å². The van der Waals surface area contributed by atoms with Crippen molar-refractivity contribution in [2.45, 2.75) is 61.2 Å². The molecule has 280 valence electrons. The van der Waals surface area contributed by atoms with Gasteiger partial charge in [0.1, 0.15) is 23.9 Å². The number of nitrogens with zero attached hydrogens (tertiary/aromatic N) is 1. The van der Waals surface area contributed by atoms with Gasteiger partial charge >= 0.3 is 12.1 Å². The number of ether oxygens (including phenoxy) is 6. The van der Waals surface area contributed by atoms with Crippen LogP contribution in [0.2, 0.25) is 0 Å². The van der Waals surface area contributed by atoms with Gasteiger partial charge in [0.15, 0.2) is 5.60 Å². The fourth-order valence-corrected chi connectivity index (χ4v) is 6.40. The first-order valence-corrected chi connectivity index (χ1v) is 18.3. The molecular weight excluding hydrogens is 731 g/mol. The third-order valence-corrected chi connectivity index (χ3v) is 10.5. The van der Waals surface area contributed by atoms with Gasteiger partial charge in [-0.05, 0) is 61.2 Å². The molecule has 1 fully saturated rings. The van der Waals surface area contributed by atoms with Crippen molar-refractivity contribution >= 4 is 52.4 Å². The van der Waals surface area contributed by atoms with E-state index in [-0.39, 0.29) is 19.1 Å². The highest BCUT2D eigenvalue weighted by atomic mass is 35.6. The lowest BCUT2D eigenvalue weighted by molar-refractivity contribution is -0.142. The minimum atomic E-state index is -1.85. The van der Waals surface area contributed by atoms with E-state index in [4.69, 9.17) is 63.2 Å². The van der Waals surface area contributed by atoms with Crippen molar-refractivity contribution in [3.63, 3.8) is 0 Å². The summed E-state index contributed by atoms with van der Waals surface area (Å²) in [4.78, 5) is 28.6. The number of rotatable bonds is 15. The molecule has 1 N–H and O–H groups in total. The van der Waals surface area contributed by atoms with E-state index in [9.17, 15) is 9.59 Å². The zero-order valence-electron chi connectivity index (χ0n) is 29.8. The van der Waals surface area contributed by atoms with E-state index in [0.29, 0.717) is 57.1 Å². The van der Waals surface area contributed by atoms with Gasteiger partial charge in [-0.2, -0.15) is 0 Å². The average molecular weight is 776 g/mol. The second-order valence-corrected chi connectivity index (χ2v) is 15.3. The SMILES string of the molecule is COc1ccccc1COCCCOc1ccc(C2=C(COC(=O)Cc3ccccc3OC)[C@H]3CNCC(C2)N3C(=O)OC(C)(C)C(Cl)(Cl)Cl)cc1. The van der Waals surface area contributed by atoms with Crippen molar-refractivity contribution in [2.24, 2.45) is 0 Å². The normalized spacial score (nSPS) is 17.4. The number of methoxy groups -OCH3 is 2. The summed E-state index contributed by atoms with van der Waals surface area (Å²) in [5, 5.41) is 3.42. The Kier molecular flexibility index (Phi) is 13.6. The van der Waals surface area contributed by atoms with Crippen LogP contribution in [0.3, 0.4) is 0 Å². The Labute approximate surface area is 320 Å². The lowest BCUT2D eigenvalue weighted by atomic mass is 9.83. The Balaban J connectivity index is 1.30. The van der Waals surface area contributed by atoms with Gasteiger partial charge in [0, 0.05) is 30.6 Å². The molecule has 0 radical (unpaired) electrons. The number of fused-ring (bicyclic) bond motifs is 2. The Hall–Kier alpha value is -3.67. The number of piperazine rings is 1. The summed E-state index contributed by atoms with van der Waals surface area (Å²) in [6, 6.07) is 22.2. The van der Waals surface area contributed by atoms with Gasteiger partial charge in [0.2, 0.25) is 3.79 Å². The Morgan fingerprint density at radius 1 is 0.846 bits per heavy atom. The van der Waals surface area contributed by atoms with E-state index in [0.717, 1.165) is 33.8 Å². The van der Waals surface area contributed by atoms with Crippen molar-refractivity contribution < 1.29 is 38.0 Å². The Morgan fingerprint density at radius 3 is 2.17 bits per heavy atom. The van der Waals surface area contributed by atoms with Crippen LogP contribution >= 0.6 is 34.8 Å². The maximum Gasteiger partial charge on any atom is 0.411 e. The van der Waals surface area contributed by atoms with Crippen molar-refractivity contribution in [2.75, 3.05) is 47.1 Å². The van der Waals surface area contributed by atoms with Gasteiger partial charge in [-0.3, -0.25) is 9.69 Å². The predicted octanol–water partition coefficient (Wildman–Crippen LogP) is 7.56. The average Bonchev–Trinajstić information content (AvgIpc) is 3.12. The highest BCUT2D eigenvalue weighted by molar-refractivity contribution is 6.68. The first-order valence-electron chi connectivity index (χ1n) is 17.1. The third kappa shape index (κ3) is 9.85. The summed E-state index contributed by atoms with van der Waals surface area (Å²) >= 11 is 18.5. The monoisotopic (exact) mass is 774 g/mol. The van der Waals surface area contributed by atoms with Crippen LogP contribution in [0.1, 0.15) is 43.4 Å². The summed E-state index contributed by atoms with van der Waals surface area (Å²) < 4.78 is 32.5. The molecular formula is C39H45Cl3N2O8. The molecule has 1 saturated heterocycles. The number of carbonyl (C=O) groups is 2. The number of alkyl halides is 3. The minimum absolute atomic E-state index is 0.0267. The Bertz CT molecular complexity index is 1710. The minimum Gasteiger partial charge on any atom is -0.496 e. The van der Waals surface area contributed by atoms with Crippen LogP contribution in [0.25, 0.3) is 5.57 Å². The van der Waals surface area contributed by atoms with E-state index < -0.39 is 27.5 Å². The van der Waals surface area contributed by atoms with Crippen LogP contribution in [0.4, 0.5) is 4.79 Å². The molecule has 1 unspecified atom stereocenters. The molecule has 2 atom stereocenters. The number of para-hydroxylation sites is 2. The number of hydrogen-bond donors (Lipinski definition) is 1. The standard InChI is InChI=1S/C39H45Cl3N2O8/c1-38(2,39(40,41)42)52-37(46)44-29-21-31(32(33(44)23-43-22-29)25-51-36(45)20-27-10-5-7-12-34(27)47-3)26-14-16-30(17-15-26)50-19-9-18-49-24-28-11-6-8-13-35(28)48-4/h5-8,10-17,29,33,43H,9,18-25H2,1-4H3/t29?,33-/m1/s1. The Morgan fingerprint density at radius 2 is 1.50 bits per heavy atom. The zero-order valence-corrected chi connectivity index (χ0v) is 32.1. The zero-order chi connectivity index (χ0) is 37.3. The summed E-state index contributed by atoms with van der Waals surface area (Å²) in [6.45, 7) is 5.51. The van der Waals surface area contributed by atoms with E-state index in [1.807, 2.05) is 66.7 Å². The van der Waals surface area contributed by atoms with Gasteiger partial charge < -0.3 is 33.7 Å². The highest BCUT2D eigenvalue weighted by Crippen LogP contribution is 2.42. The van der Waals surface area contributed by atoms with E-state index in [1.165, 1.54) is 0 Å². The number of carbonyl (C=O) groups excluding carboxylic acids is 2. The van der Waals surface area contributed by atoms with Crippen LogP contribution in [0, 0.1) is 0 Å². The molecule has 10 nitrogen and oxygen atoms in total. The molecule has 0 aromatic heterocycles. The second-order valence-electron chi connectivity index (χ2n) is 13.1. The largest absolute Gasteiger partial charge is 0.496 e. The highest BCUT2D eigenvalue weighted by Gasteiger charge is 2.48. The lowest BCUT2D eigenvalue weighted by Crippen LogP contribution is -2.63. The van der Waals surface area contributed by atoms with Crippen molar-refractivity contribution in [1.82, 2.24) is 10.2 Å². The topological polar surface area (TPSA) is 105 Å². The summed E-state index contributed by atoms with van der Waals surface area (Å²) in [5.41, 5.74) is 3.01. The molecule has 52 heavy (non-hydrogen) atoms.